The highest BCUT2D eigenvalue weighted by Gasteiger charge is 2.13. The maximum absolute atomic E-state index is 3.76. The molecule has 1 aromatic rings. The third-order valence-electron chi connectivity index (χ3n) is 3.00. The highest BCUT2D eigenvalue weighted by molar-refractivity contribution is 5.55. The van der Waals surface area contributed by atoms with E-state index in [-0.39, 0.29) is 0 Å². The monoisotopic (exact) mass is 232 g/mol. The van der Waals surface area contributed by atoms with Crippen LogP contribution in [0.15, 0.2) is 30.8 Å². The Bertz CT molecular complexity index is 321. The van der Waals surface area contributed by atoms with Crippen LogP contribution in [-0.2, 0) is 0 Å². The lowest BCUT2D eigenvalue weighted by Gasteiger charge is -2.34. The maximum atomic E-state index is 3.76. The van der Waals surface area contributed by atoms with Crippen molar-refractivity contribution in [1.29, 1.82) is 0 Å². The second-order valence-electron chi connectivity index (χ2n) is 4.09. The summed E-state index contributed by atoms with van der Waals surface area (Å²) in [6, 6.07) is 8.62. The van der Waals surface area contributed by atoms with Crippen LogP contribution in [0, 0.1) is 0 Å². The Morgan fingerprint density at radius 1 is 1.00 bits per heavy atom. The van der Waals surface area contributed by atoms with E-state index in [1.54, 1.807) is 0 Å². The summed E-state index contributed by atoms with van der Waals surface area (Å²) in [7, 11) is 2.18. The van der Waals surface area contributed by atoms with Gasteiger partial charge in [-0.05, 0) is 24.7 Å². The molecule has 94 valence electrons. The molecule has 0 aromatic heterocycles. The molecule has 0 spiro atoms. The summed E-state index contributed by atoms with van der Waals surface area (Å²) in [5.74, 6) is 0. The molecule has 0 aliphatic carbocycles. The largest absolute Gasteiger partial charge is 0.369 e. The molecular weight excluding hydrogens is 208 g/mol. The summed E-state index contributed by atoms with van der Waals surface area (Å²) < 4.78 is 0. The van der Waals surface area contributed by atoms with E-state index in [0.29, 0.717) is 0 Å². The van der Waals surface area contributed by atoms with Gasteiger partial charge >= 0.3 is 0 Å². The molecule has 2 nitrogen and oxygen atoms in total. The Hall–Kier alpha value is -1.28. The van der Waals surface area contributed by atoms with Gasteiger partial charge in [0.1, 0.15) is 0 Å². The predicted molar refractivity (Wildman–Crippen MR) is 77.6 cm³/mol. The van der Waals surface area contributed by atoms with Gasteiger partial charge in [-0.15, -0.1) is 0 Å². The molecule has 0 bridgehead atoms. The first kappa shape index (κ1) is 13.8. The molecule has 2 rings (SSSR count). The first-order valence-electron chi connectivity index (χ1n) is 6.45. The van der Waals surface area contributed by atoms with E-state index >= 15 is 0 Å². The molecule has 1 aliphatic heterocycles. The van der Waals surface area contributed by atoms with Crippen molar-refractivity contribution in [1.82, 2.24) is 4.90 Å². The molecule has 0 atom stereocenters. The smallest absolute Gasteiger partial charge is 0.0367 e. The SMILES string of the molecule is C=Cc1ccc(N2CCN(C)CC2)cc1.CC. The second-order valence-corrected chi connectivity index (χ2v) is 4.09. The van der Waals surface area contributed by atoms with Crippen LogP contribution in [0.25, 0.3) is 6.08 Å². The zero-order valence-electron chi connectivity index (χ0n) is 11.3. The lowest BCUT2D eigenvalue weighted by Crippen LogP contribution is -2.44. The van der Waals surface area contributed by atoms with Crippen LogP contribution in [0.4, 0.5) is 5.69 Å². The molecule has 0 N–H and O–H groups in total. The number of hydrogen-bond acceptors (Lipinski definition) is 2. The molecule has 17 heavy (non-hydrogen) atoms. The lowest BCUT2D eigenvalue weighted by molar-refractivity contribution is 0.313. The van der Waals surface area contributed by atoms with Crippen molar-refractivity contribution in [3.05, 3.63) is 36.4 Å². The van der Waals surface area contributed by atoms with Gasteiger partial charge in [-0.1, -0.05) is 38.6 Å². The highest BCUT2D eigenvalue weighted by atomic mass is 15.2. The molecule has 1 saturated heterocycles. The fourth-order valence-corrected chi connectivity index (χ4v) is 1.89. The lowest BCUT2D eigenvalue weighted by atomic mass is 10.2. The van der Waals surface area contributed by atoms with Gasteiger partial charge < -0.3 is 9.80 Å². The van der Waals surface area contributed by atoms with E-state index in [1.807, 2.05) is 19.9 Å². The van der Waals surface area contributed by atoms with E-state index in [0.717, 1.165) is 26.2 Å². The fraction of sp³-hybridized carbons (Fsp3) is 0.467. The first-order chi connectivity index (χ1) is 8.29. The third kappa shape index (κ3) is 3.90. The van der Waals surface area contributed by atoms with Crippen molar-refractivity contribution in [2.24, 2.45) is 0 Å². The summed E-state index contributed by atoms with van der Waals surface area (Å²) >= 11 is 0. The summed E-state index contributed by atoms with van der Waals surface area (Å²) in [5, 5.41) is 0. The highest BCUT2D eigenvalue weighted by Crippen LogP contribution is 2.17. The molecular formula is C15H24N2. The predicted octanol–water partition coefficient (Wildman–Crippen LogP) is 3.11. The minimum Gasteiger partial charge on any atom is -0.369 e. The van der Waals surface area contributed by atoms with Crippen LogP contribution in [0.3, 0.4) is 0 Å². The number of nitrogens with zero attached hydrogens (tertiary/aromatic N) is 2. The Balaban J connectivity index is 0.000000686. The average Bonchev–Trinajstić information content (AvgIpc) is 2.42. The summed E-state index contributed by atoms with van der Waals surface area (Å²) in [6.45, 7) is 12.3. The van der Waals surface area contributed by atoms with Gasteiger partial charge in [0.15, 0.2) is 0 Å². The van der Waals surface area contributed by atoms with E-state index in [2.05, 4.69) is 47.7 Å². The average molecular weight is 232 g/mol. The maximum Gasteiger partial charge on any atom is 0.0367 e. The van der Waals surface area contributed by atoms with Crippen molar-refractivity contribution in [2.75, 3.05) is 38.1 Å². The van der Waals surface area contributed by atoms with Crippen LogP contribution < -0.4 is 4.90 Å². The van der Waals surface area contributed by atoms with Crippen LogP contribution in [0.5, 0.6) is 0 Å². The van der Waals surface area contributed by atoms with E-state index in [4.69, 9.17) is 0 Å². The van der Waals surface area contributed by atoms with Crippen molar-refractivity contribution < 1.29 is 0 Å². The topological polar surface area (TPSA) is 6.48 Å². The van der Waals surface area contributed by atoms with Crippen LogP contribution >= 0.6 is 0 Å². The third-order valence-corrected chi connectivity index (χ3v) is 3.00. The van der Waals surface area contributed by atoms with Crippen molar-refractivity contribution in [3.8, 4) is 0 Å². The fourth-order valence-electron chi connectivity index (χ4n) is 1.89. The first-order valence-corrected chi connectivity index (χ1v) is 6.45. The molecule has 0 radical (unpaired) electrons. The summed E-state index contributed by atoms with van der Waals surface area (Å²) in [5.41, 5.74) is 2.52. The Morgan fingerprint density at radius 2 is 1.53 bits per heavy atom. The Kier molecular flexibility index (Phi) is 5.78. The van der Waals surface area contributed by atoms with Gasteiger partial charge in [0.25, 0.3) is 0 Å². The van der Waals surface area contributed by atoms with Gasteiger partial charge in [-0.2, -0.15) is 0 Å². The molecule has 1 heterocycles. The number of hydrogen-bond donors (Lipinski definition) is 0. The van der Waals surface area contributed by atoms with Gasteiger partial charge in [-0.25, -0.2) is 0 Å². The number of benzene rings is 1. The van der Waals surface area contributed by atoms with Crippen molar-refractivity contribution >= 4 is 11.8 Å². The second kappa shape index (κ2) is 7.13. The van der Waals surface area contributed by atoms with Gasteiger partial charge in [0, 0.05) is 31.9 Å². The molecule has 1 aromatic carbocycles. The molecule has 0 unspecified atom stereocenters. The zero-order chi connectivity index (χ0) is 12.7. The van der Waals surface area contributed by atoms with Gasteiger partial charge in [0.05, 0.1) is 0 Å². The van der Waals surface area contributed by atoms with Gasteiger partial charge in [0.2, 0.25) is 0 Å². The zero-order valence-corrected chi connectivity index (χ0v) is 11.3. The minimum absolute atomic E-state index is 1.13. The van der Waals surface area contributed by atoms with Crippen LogP contribution in [0.2, 0.25) is 0 Å². The number of piperazine rings is 1. The molecule has 2 heteroatoms. The minimum atomic E-state index is 1.13. The van der Waals surface area contributed by atoms with Crippen molar-refractivity contribution in [3.63, 3.8) is 0 Å². The standard InChI is InChI=1S/C13H18N2.C2H6/c1-3-12-4-6-13(7-5-12)15-10-8-14(2)9-11-15;1-2/h3-7H,1,8-11H2,2H3;1-2H3. The van der Waals surface area contributed by atoms with Crippen LogP contribution in [-0.4, -0.2) is 38.1 Å². The van der Waals surface area contributed by atoms with E-state index < -0.39 is 0 Å². The number of rotatable bonds is 2. The van der Waals surface area contributed by atoms with E-state index in [9.17, 15) is 0 Å². The number of likely N-dealkylation sites (N-methyl/N-ethyl adjacent to an activating group) is 1. The molecule has 1 aliphatic rings. The number of anilines is 1. The van der Waals surface area contributed by atoms with Crippen molar-refractivity contribution in [2.45, 2.75) is 13.8 Å². The molecule has 0 amide bonds. The quantitative estimate of drug-likeness (QED) is 0.773. The Morgan fingerprint density at radius 3 is 2.00 bits per heavy atom. The van der Waals surface area contributed by atoms with Gasteiger partial charge in [-0.3, -0.25) is 0 Å². The molecule has 0 saturated carbocycles. The Labute approximate surface area is 106 Å². The summed E-state index contributed by atoms with van der Waals surface area (Å²) in [4.78, 5) is 4.81. The van der Waals surface area contributed by atoms with E-state index in [1.165, 1.54) is 11.3 Å². The normalized spacial score (nSPS) is 16.1. The summed E-state index contributed by atoms with van der Waals surface area (Å²) in [6.07, 6.45) is 1.88. The van der Waals surface area contributed by atoms with Crippen LogP contribution in [0.1, 0.15) is 19.4 Å². The molecule has 1 fully saturated rings.